The Labute approximate surface area is 128 Å². The van der Waals surface area contributed by atoms with Crippen LogP contribution in [0.2, 0.25) is 0 Å². The minimum Gasteiger partial charge on any atom is -0.498 e. The van der Waals surface area contributed by atoms with Gasteiger partial charge in [-0.2, -0.15) is 0 Å². The van der Waals surface area contributed by atoms with Gasteiger partial charge in [-0.25, -0.2) is 4.98 Å². The van der Waals surface area contributed by atoms with Gasteiger partial charge in [0.2, 0.25) is 0 Å². The Morgan fingerprint density at radius 3 is 1.91 bits per heavy atom. The largest absolute Gasteiger partial charge is 0.708 e. The minimum atomic E-state index is -1.90. The van der Waals surface area contributed by atoms with E-state index in [-0.39, 0.29) is 5.88 Å². The Hall–Kier alpha value is -2.63. The summed E-state index contributed by atoms with van der Waals surface area (Å²) in [6.45, 7) is 0. The quantitative estimate of drug-likeness (QED) is 0.726. The third kappa shape index (κ3) is 3.34. The van der Waals surface area contributed by atoms with Crippen LogP contribution in [0.3, 0.4) is 0 Å². The van der Waals surface area contributed by atoms with Gasteiger partial charge in [0.15, 0.2) is 5.88 Å². The molecule has 4 nitrogen and oxygen atoms in total. The van der Waals surface area contributed by atoms with Gasteiger partial charge in [0, 0.05) is 11.6 Å². The van der Waals surface area contributed by atoms with Crippen molar-refractivity contribution >= 4 is 7.32 Å². The molecule has 0 amide bonds. The highest BCUT2D eigenvalue weighted by molar-refractivity contribution is 6.33. The maximum atomic E-state index is 9.02. The molecule has 1 heterocycles. The van der Waals surface area contributed by atoms with Crippen LogP contribution < -0.4 is 4.65 Å². The summed E-state index contributed by atoms with van der Waals surface area (Å²) in [5.41, 5.74) is 3.53. The lowest BCUT2D eigenvalue weighted by atomic mass is 10.0. The van der Waals surface area contributed by atoms with Crippen molar-refractivity contribution in [2.75, 3.05) is 0 Å². The second-order valence-electron chi connectivity index (χ2n) is 4.76. The van der Waals surface area contributed by atoms with Gasteiger partial charge in [-0.1, -0.05) is 60.7 Å². The molecule has 0 radical (unpaired) electrons. The van der Waals surface area contributed by atoms with Gasteiger partial charge < -0.3 is 14.7 Å². The number of hydrogen-bond acceptors (Lipinski definition) is 4. The molecule has 0 bridgehead atoms. The number of aromatic nitrogens is 1. The van der Waals surface area contributed by atoms with Crippen LogP contribution in [0.4, 0.5) is 0 Å². The normalized spacial score (nSPS) is 10.3. The van der Waals surface area contributed by atoms with Crippen LogP contribution in [0.15, 0.2) is 72.8 Å². The molecule has 0 aliphatic carbocycles. The summed E-state index contributed by atoms with van der Waals surface area (Å²) in [7, 11) is -1.90. The molecule has 108 valence electrons. The SMILES string of the molecule is OB(O)Oc1cc(-c2ccccc2)cc(-c2ccccc2)n1. The molecule has 0 atom stereocenters. The van der Waals surface area contributed by atoms with E-state index >= 15 is 0 Å². The third-order valence-corrected chi connectivity index (χ3v) is 3.20. The molecule has 0 spiro atoms. The minimum absolute atomic E-state index is 0.162. The van der Waals surface area contributed by atoms with Crippen molar-refractivity contribution in [1.82, 2.24) is 4.98 Å². The number of nitrogens with zero attached hydrogens (tertiary/aromatic N) is 1. The molecule has 0 unspecified atom stereocenters. The highest BCUT2D eigenvalue weighted by atomic mass is 16.6. The van der Waals surface area contributed by atoms with E-state index < -0.39 is 7.32 Å². The van der Waals surface area contributed by atoms with Crippen LogP contribution in [0.25, 0.3) is 22.4 Å². The molecule has 0 aliphatic heterocycles. The molecular formula is C17H14BNO3. The summed E-state index contributed by atoms with van der Waals surface area (Å²) < 4.78 is 4.94. The van der Waals surface area contributed by atoms with E-state index in [1.54, 1.807) is 6.07 Å². The van der Waals surface area contributed by atoms with Crippen LogP contribution in [-0.2, 0) is 0 Å². The standard InChI is InChI=1S/C17H14BNO3/c20-18(21)22-17-12-15(13-7-3-1-4-8-13)11-16(19-17)14-9-5-2-6-10-14/h1-12,20-21H. The van der Waals surface area contributed by atoms with Crippen molar-refractivity contribution < 1.29 is 14.7 Å². The fourth-order valence-corrected chi connectivity index (χ4v) is 2.23. The molecule has 2 aromatic carbocycles. The molecule has 1 aromatic heterocycles. The molecule has 0 fully saturated rings. The molecule has 22 heavy (non-hydrogen) atoms. The number of rotatable bonds is 4. The monoisotopic (exact) mass is 291 g/mol. The summed E-state index contributed by atoms with van der Waals surface area (Å²) in [4.78, 5) is 4.33. The van der Waals surface area contributed by atoms with Crippen LogP contribution in [0.1, 0.15) is 0 Å². The third-order valence-electron chi connectivity index (χ3n) is 3.20. The highest BCUT2D eigenvalue weighted by Gasteiger charge is 2.14. The van der Waals surface area contributed by atoms with Crippen molar-refractivity contribution in [3.05, 3.63) is 72.8 Å². The fourth-order valence-electron chi connectivity index (χ4n) is 2.23. The molecule has 0 saturated carbocycles. The predicted molar refractivity (Wildman–Crippen MR) is 85.9 cm³/mol. The Morgan fingerprint density at radius 1 is 0.727 bits per heavy atom. The molecule has 0 aliphatic rings. The number of hydrogen-bond donors (Lipinski definition) is 2. The zero-order valence-electron chi connectivity index (χ0n) is 11.8. The maximum Gasteiger partial charge on any atom is 0.708 e. The van der Waals surface area contributed by atoms with E-state index in [9.17, 15) is 0 Å². The van der Waals surface area contributed by atoms with E-state index in [1.807, 2.05) is 66.7 Å². The maximum absolute atomic E-state index is 9.02. The molecule has 0 saturated heterocycles. The van der Waals surface area contributed by atoms with E-state index in [1.165, 1.54) is 0 Å². The van der Waals surface area contributed by atoms with Gasteiger partial charge in [0.1, 0.15) is 0 Å². The van der Waals surface area contributed by atoms with Crippen LogP contribution >= 0.6 is 0 Å². The van der Waals surface area contributed by atoms with Crippen LogP contribution in [0.5, 0.6) is 5.88 Å². The van der Waals surface area contributed by atoms with E-state index in [4.69, 9.17) is 14.7 Å². The van der Waals surface area contributed by atoms with Gasteiger partial charge in [-0.05, 0) is 17.2 Å². The topological polar surface area (TPSA) is 62.6 Å². The highest BCUT2D eigenvalue weighted by Crippen LogP contribution is 2.28. The van der Waals surface area contributed by atoms with Crippen molar-refractivity contribution in [1.29, 1.82) is 0 Å². The number of pyridine rings is 1. The van der Waals surface area contributed by atoms with Crippen molar-refractivity contribution in [3.8, 4) is 28.3 Å². The summed E-state index contributed by atoms with van der Waals surface area (Å²) in [6.07, 6.45) is 0. The first kappa shape index (κ1) is 14.3. The second kappa shape index (κ2) is 6.43. The molecular weight excluding hydrogens is 277 g/mol. The van der Waals surface area contributed by atoms with E-state index in [0.29, 0.717) is 5.69 Å². The van der Waals surface area contributed by atoms with Crippen LogP contribution in [-0.4, -0.2) is 22.4 Å². The summed E-state index contributed by atoms with van der Waals surface area (Å²) >= 11 is 0. The lowest BCUT2D eigenvalue weighted by Gasteiger charge is -2.10. The predicted octanol–water partition coefficient (Wildman–Crippen LogP) is 2.76. The van der Waals surface area contributed by atoms with Crippen molar-refractivity contribution in [3.63, 3.8) is 0 Å². The summed E-state index contributed by atoms with van der Waals surface area (Å²) in [6, 6.07) is 23.1. The Morgan fingerprint density at radius 2 is 1.32 bits per heavy atom. The average Bonchev–Trinajstić information content (AvgIpc) is 2.55. The Balaban J connectivity index is 2.10. The smallest absolute Gasteiger partial charge is 0.498 e. The van der Waals surface area contributed by atoms with Gasteiger partial charge in [-0.15, -0.1) is 0 Å². The Kier molecular flexibility index (Phi) is 4.18. The lowest BCUT2D eigenvalue weighted by Crippen LogP contribution is -2.21. The summed E-state index contributed by atoms with van der Waals surface area (Å²) in [5.74, 6) is 0.162. The zero-order valence-corrected chi connectivity index (χ0v) is 11.8. The molecule has 3 aromatic rings. The van der Waals surface area contributed by atoms with Crippen molar-refractivity contribution in [2.45, 2.75) is 0 Å². The van der Waals surface area contributed by atoms with Gasteiger partial charge >= 0.3 is 7.32 Å². The van der Waals surface area contributed by atoms with E-state index in [2.05, 4.69) is 4.98 Å². The average molecular weight is 291 g/mol. The Bertz CT molecular complexity index is 691. The molecule has 2 N–H and O–H groups in total. The van der Waals surface area contributed by atoms with Gasteiger partial charge in [-0.3, -0.25) is 0 Å². The van der Waals surface area contributed by atoms with Crippen LogP contribution in [0, 0.1) is 0 Å². The first-order valence-corrected chi connectivity index (χ1v) is 6.88. The number of benzene rings is 2. The van der Waals surface area contributed by atoms with Gasteiger partial charge in [0.05, 0.1) is 5.69 Å². The first-order valence-electron chi connectivity index (χ1n) is 6.88. The lowest BCUT2D eigenvalue weighted by molar-refractivity contribution is 0.283. The van der Waals surface area contributed by atoms with Crippen molar-refractivity contribution in [2.24, 2.45) is 0 Å². The zero-order chi connectivity index (χ0) is 15.4. The first-order chi connectivity index (χ1) is 10.7. The second-order valence-corrected chi connectivity index (χ2v) is 4.76. The van der Waals surface area contributed by atoms with E-state index in [0.717, 1.165) is 16.7 Å². The molecule has 3 rings (SSSR count). The molecule has 5 heteroatoms. The van der Waals surface area contributed by atoms with Gasteiger partial charge in [0.25, 0.3) is 0 Å². The summed E-state index contributed by atoms with van der Waals surface area (Å²) in [5, 5.41) is 18.0. The fraction of sp³-hybridized carbons (Fsp3) is 0.